The van der Waals surface area contributed by atoms with Crippen molar-refractivity contribution >= 4 is 11.7 Å². The molecule has 1 N–H and O–H groups in total. The molecule has 0 spiro atoms. The van der Waals surface area contributed by atoms with Gasteiger partial charge in [-0.15, -0.1) is 0 Å². The molecule has 5 heteroatoms. The number of aromatic nitrogens is 2. The standard InChI is InChI=1S/C15H19N3O2/c1-3-14(15(19)20-2)17-13-7-5-12(6-8-13)11-18-10-4-9-16-18/h4-10,14,17H,3,11H2,1-2H3. The third kappa shape index (κ3) is 3.60. The molecule has 0 saturated heterocycles. The smallest absolute Gasteiger partial charge is 0.328 e. The van der Waals surface area contributed by atoms with Crippen LogP contribution < -0.4 is 5.32 Å². The molecule has 20 heavy (non-hydrogen) atoms. The molecule has 2 aromatic rings. The quantitative estimate of drug-likeness (QED) is 0.820. The molecule has 1 aromatic heterocycles. The summed E-state index contributed by atoms with van der Waals surface area (Å²) in [5.41, 5.74) is 2.07. The lowest BCUT2D eigenvalue weighted by Crippen LogP contribution is -2.29. The third-order valence-corrected chi connectivity index (χ3v) is 3.09. The van der Waals surface area contributed by atoms with E-state index in [0.717, 1.165) is 17.8 Å². The van der Waals surface area contributed by atoms with Crippen LogP contribution in [0, 0.1) is 0 Å². The van der Waals surface area contributed by atoms with Crippen LogP contribution in [0.25, 0.3) is 0 Å². The van der Waals surface area contributed by atoms with Crippen LogP contribution in [0.4, 0.5) is 5.69 Å². The number of benzene rings is 1. The lowest BCUT2D eigenvalue weighted by Gasteiger charge is -2.16. The van der Waals surface area contributed by atoms with Crippen molar-refractivity contribution in [3.8, 4) is 0 Å². The fraction of sp³-hybridized carbons (Fsp3) is 0.333. The maximum atomic E-state index is 11.5. The Bertz CT molecular complexity index is 535. The minimum absolute atomic E-state index is 0.242. The number of nitrogens with zero attached hydrogens (tertiary/aromatic N) is 2. The molecule has 0 fully saturated rings. The number of ether oxygens (including phenoxy) is 1. The number of carbonyl (C=O) groups is 1. The van der Waals surface area contributed by atoms with Crippen molar-refractivity contribution in [3.05, 3.63) is 48.3 Å². The number of hydrogen-bond donors (Lipinski definition) is 1. The second kappa shape index (κ2) is 6.75. The van der Waals surface area contributed by atoms with E-state index in [1.165, 1.54) is 7.11 Å². The van der Waals surface area contributed by atoms with Gasteiger partial charge in [-0.2, -0.15) is 5.10 Å². The number of anilines is 1. The molecule has 5 nitrogen and oxygen atoms in total. The van der Waals surface area contributed by atoms with Crippen molar-refractivity contribution in [2.45, 2.75) is 25.9 Å². The van der Waals surface area contributed by atoms with Crippen molar-refractivity contribution in [1.29, 1.82) is 0 Å². The highest BCUT2D eigenvalue weighted by atomic mass is 16.5. The van der Waals surface area contributed by atoms with Gasteiger partial charge in [0.05, 0.1) is 13.7 Å². The first-order valence-electron chi connectivity index (χ1n) is 6.63. The van der Waals surface area contributed by atoms with Crippen LogP contribution in [0.15, 0.2) is 42.7 Å². The number of nitrogens with one attached hydrogen (secondary N) is 1. The molecule has 0 bridgehead atoms. The Labute approximate surface area is 118 Å². The number of methoxy groups -OCH3 is 1. The summed E-state index contributed by atoms with van der Waals surface area (Å²) in [6, 6.07) is 9.56. The van der Waals surface area contributed by atoms with Gasteiger partial charge in [0.25, 0.3) is 0 Å². The first-order valence-corrected chi connectivity index (χ1v) is 6.63. The second-order valence-corrected chi connectivity index (χ2v) is 4.53. The molecule has 106 valence electrons. The largest absolute Gasteiger partial charge is 0.467 e. The minimum Gasteiger partial charge on any atom is -0.467 e. The first kappa shape index (κ1) is 14.1. The van der Waals surface area contributed by atoms with E-state index in [1.807, 2.05) is 48.1 Å². The number of esters is 1. The molecule has 0 aliphatic carbocycles. The average Bonchev–Trinajstić information content (AvgIpc) is 2.98. The predicted octanol–water partition coefficient (Wildman–Crippen LogP) is 2.29. The summed E-state index contributed by atoms with van der Waals surface area (Å²) in [7, 11) is 1.40. The molecule has 0 saturated carbocycles. The molecule has 1 aromatic carbocycles. The summed E-state index contributed by atoms with van der Waals surface area (Å²) in [4.78, 5) is 11.5. The van der Waals surface area contributed by atoms with E-state index in [4.69, 9.17) is 4.74 Å². The van der Waals surface area contributed by atoms with Gasteiger partial charge in [0.1, 0.15) is 6.04 Å². The zero-order chi connectivity index (χ0) is 14.4. The van der Waals surface area contributed by atoms with Crippen LogP contribution in [0.2, 0.25) is 0 Å². The van der Waals surface area contributed by atoms with E-state index in [1.54, 1.807) is 6.20 Å². The molecule has 0 amide bonds. The van der Waals surface area contributed by atoms with Gasteiger partial charge < -0.3 is 10.1 Å². The maximum absolute atomic E-state index is 11.5. The van der Waals surface area contributed by atoms with Crippen molar-refractivity contribution in [2.24, 2.45) is 0 Å². The highest BCUT2D eigenvalue weighted by molar-refractivity contribution is 5.79. The molecule has 0 radical (unpaired) electrons. The Balaban J connectivity index is 1.99. The summed E-state index contributed by atoms with van der Waals surface area (Å²) in [6.45, 7) is 2.68. The van der Waals surface area contributed by atoms with E-state index in [9.17, 15) is 4.79 Å². The predicted molar refractivity (Wildman–Crippen MR) is 77.5 cm³/mol. The van der Waals surface area contributed by atoms with Gasteiger partial charge in [0.2, 0.25) is 0 Å². The fourth-order valence-electron chi connectivity index (χ4n) is 1.96. The van der Waals surface area contributed by atoms with Crippen molar-refractivity contribution in [2.75, 3.05) is 12.4 Å². The van der Waals surface area contributed by atoms with E-state index < -0.39 is 0 Å². The van der Waals surface area contributed by atoms with Crippen LogP contribution in [0.3, 0.4) is 0 Å². The Morgan fingerprint density at radius 2 is 2.15 bits per heavy atom. The number of carbonyl (C=O) groups excluding carboxylic acids is 1. The first-order chi connectivity index (χ1) is 9.72. The molecule has 0 aliphatic heterocycles. The third-order valence-electron chi connectivity index (χ3n) is 3.09. The number of hydrogen-bond acceptors (Lipinski definition) is 4. The van der Waals surface area contributed by atoms with Gasteiger partial charge >= 0.3 is 5.97 Å². The molecular formula is C15H19N3O2. The van der Waals surface area contributed by atoms with E-state index in [2.05, 4.69) is 10.4 Å². The van der Waals surface area contributed by atoms with Gasteiger partial charge in [0, 0.05) is 18.1 Å². The zero-order valence-electron chi connectivity index (χ0n) is 11.7. The Hall–Kier alpha value is -2.30. The van der Waals surface area contributed by atoms with Crippen LogP contribution in [-0.4, -0.2) is 28.9 Å². The van der Waals surface area contributed by atoms with Crippen molar-refractivity contribution in [1.82, 2.24) is 9.78 Å². The molecular weight excluding hydrogens is 254 g/mol. The average molecular weight is 273 g/mol. The van der Waals surface area contributed by atoms with E-state index in [0.29, 0.717) is 6.42 Å². The van der Waals surface area contributed by atoms with Gasteiger partial charge in [-0.05, 0) is 30.2 Å². The number of rotatable bonds is 6. The van der Waals surface area contributed by atoms with Crippen LogP contribution in [-0.2, 0) is 16.1 Å². The monoisotopic (exact) mass is 273 g/mol. The SMILES string of the molecule is CCC(Nc1ccc(Cn2cccn2)cc1)C(=O)OC. The molecule has 2 rings (SSSR count). The maximum Gasteiger partial charge on any atom is 0.328 e. The summed E-state index contributed by atoms with van der Waals surface area (Å²) < 4.78 is 6.62. The summed E-state index contributed by atoms with van der Waals surface area (Å²) in [5, 5.41) is 7.34. The Morgan fingerprint density at radius 3 is 2.70 bits per heavy atom. The van der Waals surface area contributed by atoms with E-state index >= 15 is 0 Å². The van der Waals surface area contributed by atoms with Gasteiger partial charge in [0.15, 0.2) is 0 Å². The van der Waals surface area contributed by atoms with Gasteiger partial charge in [-0.3, -0.25) is 4.68 Å². The molecule has 0 aliphatic rings. The topological polar surface area (TPSA) is 56.2 Å². The van der Waals surface area contributed by atoms with Crippen LogP contribution in [0.1, 0.15) is 18.9 Å². The lowest BCUT2D eigenvalue weighted by molar-refractivity contribution is -0.141. The van der Waals surface area contributed by atoms with Crippen LogP contribution in [0.5, 0.6) is 0 Å². The normalized spacial score (nSPS) is 11.9. The summed E-state index contributed by atoms with van der Waals surface area (Å²) in [6.07, 6.45) is 4.37. The molecule has 1 atom stereocenters. The second-order valence-electron chi connectivity index (χ2n) is 4.53. The zero-order valence-corrected chi connectivity index (χ0v) is 11.7. The van der Waals surface area contributed by atoms with Crippen molar-refractivity contribution in [3.63, 3.8) is 0 Å². The minimum atomic E-state index is -0.308. The lowest BCUT2D eigenvalue weighted by atomic mass is 10.1. The molecule has 1 heterocycles. The Kier molecular flexibility index (Phi) is 4.76. The van der Waals surface area contributed by atoms with Crippen molar-refractivity contribution < 1.29 is 9.53 Å². The van der Waals surface area contributed by atoms with Gasteiger partial charge in [-0.1, -0.05) is 19.1 Å². The molecule has 1 unspecified atom stereocenters. The van der Waals surface area contributed by atoms with E-state index in [-0.39, 0.29) is 12.0 Å². The van der Waals surface area contributed by atoms with Crippen LogP contribution >= 0.6 is 0 Å². The summed E-state index contributed by atoms with van der Waals surface area (Å²) in [5.74, 6) is -0.242. The fourth-order valence-corrected chi connectivity index (χ4v) is 1.96. The van der Waals surface area contributed by atoms with Gasteiger partial charge in [-0.25, -0.2) is 4.79 Å². The Morgan fingerprint density at radius 1 is 1.40 bits per heavy atom. The highest BCUT2D eigenvalue weighted by Gasteiger charge is 2.16. The summed E-state index contributed by atoms with van der Waals surface area (Å²) >= 11 is 0. The highest BCUT2D eigenvalue weighted by Crippen LogP contribution is 2.13.